The number of carboxylic acid groups (broad SMARTS) is 1. The molecule has 5 heteroatoms. The molecule has 14 heavy (non-hydrogen) atoms. The van der Waals surface area contributed by atoms with Crippen molar-refractivity contribution in [2.24, 2.45) is 0 Å². The second kappa shape index (κ2) is 3.29. The van der Waals surface area contributed by atoms with Crippen LogP contribution in [0.5, 0.6) is 0 Å². The molecule has 0 amide bonds. The lowest BCUT2D eigenvalue weighted by Gasteiger charge is -1.96. The van der Waals surface area contributed by atoms with Crippen molar-refractivity contribution in [3.8, 4) is 11.1 Å². The first-order valence-corrected chi connectivity index (χ1v) is 3.96. The van der Waals surface area contributed by atoms with Gasteiger partial charge in [-0.3, -0.25) is 5.10 Å². The number of carboxylic acids is 1. The highest BCUT2D eigenvalue weighted by atomic mass is 16.4. The zero-order valence-corrected chi connectivity index (χ0v) is 7.14. The smallest absolute Gasteiger partial charge is 0.354 e. The fourth-order valence-electron chi connectivity index (χ4n) is 1.10. The van der Waals surface area contributed by atoms with E-state index >= 15 is 0 Å². The summed E-state index contributed by atoms with van der Waals surface area (Å²) in [5.74, 6) is -1.02. The Bertz CT molecular complexity index is 434. The number of nitrogens with one attached hydrogen (secondary N) is 1. The first kappa shape index (κ1) is 8.43. The third kappa shape index (κ3) is 1.47. The molecular formula is C9H7N3O2. The van der Waals surface area contributed by atoms with E-state index in [2.05, 4.69) is 15.2 Å². The number of nitrogens with zero attached hydrogens (tertiary/aromatic N) is 2. The van der Waals surface area contributed by atoms with Crippen molar-refractivity contribution < 1.29 is 9.90 Å². The fourth-order valence-corrected chi connectivity index (χ4v) is 1.10. The van der Waals surface area contributed by atoms with E-state index in [1.807, 2.05) is 0 Å². The lowest BCUT2D eigenvalue weighted by molar-refractivity contribution is 0.0690. The molecule has 0 aromatic carbocycles. The van der Waals surface area contributed by atoms with Crippen molar-refractivity contribution in [2.45, 2.75) is 0 Å². The van der Waals surface area contributed by atoms with Crippen molar-refractivity contribution in [3.05, 3.63) is 36.4 Å². The predicted molar refractivity (Wildman–Crippen MR) is 48.8 cm³/mol. The molecule has 0 aliphatic carbocycles. The highest BCUT2D eigenvalue weighted by molar-refractivity contribution is 5.85. The molecule has 0 saturated carbocycles. The number of rotatable bonds is 2. The second-order valence-electron chi connectivity index (χ2n) is 2.72. The Morgan fingerprint density at radius 3 is 2.64 bits per heavy atom. The molecule has 2 N–H and O–H groups in total. The van der Waals surface area contributed by atoms with Crippen LogP contribution in [0.25, 0.3) is 11.1 Å². The van der Waals surface area contributed by atoms with Gasteiger partial charge in [-0.15, -0.1) is 0 Å². The maximum Gasteiger partial charge on any atom is 0.354 e. The van der Waals surface area contributed by atoms with E-state index in [1.54, 1.807) is 18.5 Å². The topological polar surface area (TPSA) is 78.9 Å². The van der Waals surface area contributed by atoms with Gasteiger partial charge in [0.25, 0.3) is 0 Å². The van der Waals surface area contributed by atoms with E-state index in [0.717, 1.165) is 11.1 Å². The summed E-state index contributed by atoms with van der Waals surface area (Å²) >= 11 is 0. The van der Waals surface area contributed by atoms with Crippen molar-refractivity contribution in [1.29, 1.82) is 0 Å². The van der Waals surface area contributed by atoms with E-state index in [1.165, 1.54) is 12.3 Å². The molecule has 0 bridgehead atoms. The van der Waals surface area contributed by atoms with Crippen LogP contribution in [0.2, 0.25) is 0 Å². The zero-order chi connectivity index (χ0) is 9.97. The van der Waals surface area contributed by atoms with Crippen LogP contribution in [-0.4, -0.2) is 26.3 Å². The monoisotopic (exact) mass is 189 g/mol. The van der Waals surface area contributed by atoms with Crippen molar-refractivity contribution in [3.63, 3.8) is 0 Å². The molecule has 0 atom stereocenters. The fraction of sp³-hybridized carbons (Fsp3) is 0. The third-order valence-corrected chi connectivity index (χ3v) is 1.81. The van der Waals surface area contributed by atoms with Gasteiger partial charge in [-0.1, -0.05) is 6.07 Å². The van der Waals surface area contributed by atoms with Crippen LogP contribution in [0.4, 0.5) is 0 Å². The summed E-state index contributed by atoms with van der Waals surface area (Å²) in [5, 5.41) is 15.1. The maximum atomic E-state index is 10.5. The summed E-state index contributed by atoms with van der Waals surface area (Å²) in [4.78, 5) is 14.3. The molecule has 70 valence electrons. The molecule has 0 aliphatic rings. The van der Waals surface area contributed by atoms with Gasteiger partial charge in [0.1, 0.15) is 5.69 Å². The lowest BCUT2D eigenvalue weighted by Crippen LogP contribution is -1.98. The molecule has 0 spiro atoms. The number of H-pyrrole nitrogens is 1. The minimum atomic E-state index is -1.02. The SMILES string of the molecule is O=C(O)c1ccc(-c2cn[nH]c2)cn1. The normalized spacial score (nSPS) is 10.0. The molecule has 2 rings (SSSR count). The first-order valence-electron chi connectivity index (χ1n) is 3.96. The maximum absolute atomic E-state index is 10.5. The van der Waals surface area contributed by atoms with Crippen LogP contribution in [0, 0.1) is 0 Å². The Kier molecular flexibility index (Phi) is 1.98. The van der Waals surface area contributed by atoms with Crippen LogP contribution in [0.15, 0.2) is 30.7 Å². The summed E-state index contributed by atoms with van der Waals surface area (Å²) in [6, 6.07) is 3.16. The molecule has 0 unspecified atom stereocenters. The molecule has 2 aromatic rings. The minimum absolute atomic E-state index is 0.0391. The third-order valence-electron chi connectivity index (χ3n) is 1.81. The van der Waals surface area contributed by atoms with Crippen LogP contribution in [0.1, 0.15) is 10.5 Å². The summed E-state index contributed by atoms with van der Waals surface area (Å²) in [6.45, 7) is 0. The number of hydrogen-bond acceptors (Lipinski definition) is 3. The average molecular weight is 189 g/mol. The van der Waals surface area contributed by atoms with Gasteiger partial charge in [0.2, 0.25) is 0 Å². The van der Waals surface area contributed by atoms with Gasteiger partial charge in [-0.05, 0) is 6.07 Å². The molecule has 2 aromatic heterocycles. The summed E-state index contributed by atoms with van der Waals surface area (Å²) < 4.78 is 0. The Morgan fingerprint density at radius 1 is 1.29 bits per heavy atom. The van der Waals surface area contributed by atoms with Crippen molar-refractivity contribution in [1.82, 2.24) is 15.2 Å². The highest BCUT2D eigenvalue weighted by Crippen LogP contribution is 2.15. The standard InChI is InChI=1S/C9H7N3O2/c13-9(14)8-2-1-6(3-10-8)7-4-11-12-5-7/h1-5H,(H,11,12)(H,13,14). The molecule has 0 fully saturated rings. The van der Waals surface area contributed by atoms with Gasteiger partial charge >= 0.3 is 5.97 Å². The van der Waals surface area contributed by atoms with Gasteiger partial charge in [-0.25, -0.2) is 9.78 Å². The number of pyridine rings is 1. The molecule has 0 radical (unpaired) electrons. The number of aromatic nitrogens is 3. The molecule has 0 aliphatic heterocycles. The number of hydrogen-bond donors (Lipinski definition) is 2. The van der Waals surface area contributed by atoms with Gasteiger partial charge in [0, 0.05) is 23.5 Å². The Balaban J connectivity index is 2.36. The van der Waals surface area contributed by atoms with Crippen LogP contribution in [0.3, 0.4) is 0 Å². The Morgan fingerprint density at radius 2 is 2.14 bits per heavy atom. The predicted octanol–water partition coefficient (Wildman–Crippen LogP) is 1.17. The zero-order valence-electron chi connectivity index (χ0n) is 7.14. The van der Waals surface area contributed by atoms with Crippen LogP contribution < -0.4 is 0 Å². The van der Waals surface area contributed by atoms with E-state index < -0.39 is 5.97 Å². The van der Waals surface area contributed by atoms with Crippen LogP contribution in [-0.2, 0) is 0 Å². The summed E-state index contributed by atoms with van der Waals surface area (Å²) in [6.07, 6.45) is 4.88. The van der Waals surface area contributed by atoms with E-state index in [4.69, 9.17) is 5.11 Å². The molecule has 0 saturated heterocycles. The molecule has 5 nitrogen and oxygen atoms in total. The molecule has 2 heterocycles. The Labute approximate surface area is 79.4 Å². The van der Waals surface area contributed by atoms with Crippen LogP contribution >= 0.6 is 0 Å². The molecular weight excluding hydrogens is 182 g/mol. The Hall–Kier alpha value is -2.17. The van der Waals surface area contributed by atoms with Gasteiger partial charge in [0.05, 0.1) is 6.20 Å². The van der Waals surface area contributed by atoms with Crippen molar-refractivity contribution >= 4 is 5.97 Å². The van der Waals surface area contributed by atoms with E-state index in [-0.39, 0.29) is 5.69 Å². The van der Waals surface area contributed by atoms with Crippen molar-refractivity contribution in [2.75, 3.05) is 0 Å². The first-order chi connectivity index (χ1) is 6.77. The quantitative estimate of drug-likeness (QED) is 0.743. The van der Waals surface area contributed by atoms with Gasteiger partial charge < -0.3 is 5.11 Å². The van der Waals surface area contributed by atoms with E-state index in [0.29, 0.717) is 0 Å². The lowest BCUT2D eigenvalue weighted by atomic mass is 10.1. The number of aromatic amines is 1. The summed E-state index contributed by atoms with van der Waals surface area (Å²) in [7, 11) is 0. The number of carbonyl (C=O) groups is 1. The van der Waals surface area contributed by atoms with E-state index in [9.17, 15) is 4.79 Å². The largest absolute Gasteiger partial charge is 0.477 e. The van der Waals surface area contributed by atoms with Gasteiger partial charge in [0.15, 0.2) is 0 Å². The minimum Gasteiger partial charge on any atom is -0.477 e. The average Bonchev–Trinajstić information content (AvgIpc) is 2.71. The number of aromatic carboxylic acids is 1. The second-order valence-corrected chi connectivity index (χ2v) is 2.72. The summed E-state index contributed by atoms with van der Waals surface area (Å²) in [5.41, 5.74) is 1.76. The van der Waals surface area contributed by atoms with Gasteiger partial charge in [-0.2, -0.15) is 5.10 Å². The highest BCUT2D eigenvalue weighted by Gasteiger charge is 2.04.